The van der Waals surface area contributed by atoms with Crippen LogP contribution in [0.2, 0.25) is 0 Å². The summed E-state index contributed by atoms with van der Waals surface area (Å²) in [4.78, 5) is 15.7. The van der Waals surface area contributed by atoms with Gasteiger partial charge in [0, 0.05) is 18.9 Å². The van der Waals surface area contributed by atoms with Crippen molar-refractivity contribution in [1.29, 1.82) is 0 Å². The lowest BCUT2D eigenvalue weighted by Crippen LogP contribution is -2.22. The Labute approximate surface area is 112 Å². The molecule has 1 heterocycles. The van der Waals surface area contributed by atoms with E-state index in [0.717, 1.165) is 11.3 Å². The Morgan fingerprint density at radius 3 is 2.68 bits per heavy atom. The maximum Gasteiger partial charge on any atom is 0.253 e. The maximum atomic E-state index is 11.8. The third-order valence-corrected chi connectivity index (χ3v) is 2.61. The van der Waals surface area contributed by atoms with Crippen LogP contribution in [-0.4, -0.2) is 17.5 Å². The van der Waals surface area contributed by atoms with Crippen LogP contribution in [0.3, 0.4) is 0 Å². The third kappa shape index (κ3) is 3.81. The Hall–Kier alpha value is -2.36. The van der Waals surface area contributed by atoms with Gasteiger partial charge in [-0.05, 0) is 36.8 Å². The fourth-order valence-corrected chi connectivity index (χ4v) is 1.65. The standard InChI is InChI=1S/C15H16N2O2/c1-2-19-14-7-5-12(6-8-14)10-17-15(18)13-4-3-9-16-11-13/h3-9,11H,2,10H2,1H3,(H,17,18). The molecule has 0 radical (unpaired) electrons. The van der Waals surface area contributed by atoms with Crippen LogP contribution in [0, 0.1) is 0 Å². The Morgan fingerprint density at radius 2 is 2.05 bits per heavy atom. The molecular weight excluding hydrogens is 240 g/mol. The van der Waals surface area contributed by atoms with E-state index >= 15 is 0 Å². The Bertz CT molecular complexity index is 524. The molecule has 1 amide bonds. The highest BCUT2D eigenvalue weighted by molar-refractivity contribution is 5.93. The topological polar surface area (TPSA) is 51.2 Å². The van der Waals surface area contributed by atoms with E-state index in [0.29, 0.717) is 18.7 Å². The van der Waals surface area contributed by atoms with E-state index in [1.54, 1.807) is 24.5 Å². The zero-order valence-corrected chi connectivity index (χ0v) is 10.8. The van der Waals surface area contributed by atoms with Crippen LogP contribution in [0.5, 0.6) is 5.75 Å². The van der Waals surface area contributed by atoms with Crippen LogP contribution >= 0.6 is 0 Å². The minimum Gasteiger partial charge on any atom is -0.494 e. The molecule has 0 bridgehead atoms. The molecule has 0 fully saturated rings. The summed E-state index contributed by atoms with van der Waals surface area (Å²) in [7, 11) is 0. The summed E-state index contributed by atoms with van der Waals surface area (Å²) in [6, 6.07) is 11.2. The van der Waals surface area contributed by atoms with Gasteiger partial charge in [-0.15, -0.1) is 0 Å². The summed E-state index contributed by atoms with van der Waals surface area (Å²) in [5.41, 5.74) is 1.59. The second kappa shape index (κ2) is 6.54. The molecule has 0 saturated heterocycles. The van der Waals surface area contributed by atoms with Gasteiger partial charge in [0.05, 0.1) is 12.2 Å². The lowest BCUT2D eigenvalue weighted by molar-refractivity contribution is 0.0950. The van der Waals surface area contributed by atoms with Crippen LogP contribution in [0.15, 0.2) is 48.8 Å². The first kappa shape index (κ1) is 13.1. The molecule has 1 aromatic heterocycles. The summed E-state index contributed by atoms with van der Waals surface area (Å²) < 4.78 is 5.36. The van der Waals surface area contributed by atoms with Crippen molar-refractivity contribution in [3.63, 3.8) is 0 Å². The molecule has 4 nitrogen and oxygen atoms in total. The van der Waals surface area contributed by atoms with Gasteiger partial charge in [-0.25, -0.2) is 0 Å². The van der Waals surface area contributed by atoms with Gasteiger partial charge in [0.25, 0.3) is 5.91 Å². The van der Waals surface area contributed by atoms with E-state index in [1.807, 2.05) is 31.2 Å². The van der Waals surface area contributed by atoms with Crippen molar-refractivity contribution in [2.75, 3.05) is 6.61 Å². The first-order valence-electron chi connectivity index (χ1n) is 6.19. The number of aromatic nitrogens is 1. The maximum absolute atomic E-state index is 11.8. The summed E-state index contributed by atoms with van der Waals surface area (Å²) in [5.74, 6) is 0.715. The van der Waals surface area contributed by atoms with Crippen molar-refractivity contribution in [1.82, 2.24) is 10.3 Å². The summed E-state index contributed by atoms with van der Waals surface area (Å²) in [6.07, 6.45) is 3.19. The monoisotopic (exact) mass is 256 g/mol. The minimum atomic E-state index is -0.123. The van der Waals surface area contributed by atoms with Crippen LogP contribution in [0.1, 0.15) is 22.8 Å². The third-order valence-electron chi connectivity index (χ3n) is 2.61. The highest BCUT2D eigenvalue weighted by atomic mass is 16.5. The molecule has 0 aliphatic rings. The van der Waals surface area contributed by atoms with E-state index in [-0.39, 0.29) is 5.91 Å². The molecule has 4 heteroatoms. The number of amides is 1. The van der Waals surface area contributed by atoms with Crippen LogP contribution < -0.4 is 10.1 Å². The van der Waals surface area contributed by atoms with Crippen LogP contribution in [0.25, 0.3) is 0 Å². The fourth-order valence-electron chi connectivity index (χ4n) is 1.65. The van der Waals surface area contributed by atoms with E-state index in [4.69, 9.17) is 4.74 Å². The minimum absolute atomic E-state index is 0.123. The number of nitrogens with one attached hydrogen (secondary N) is 1. The van der Waals surface area contributed by atoms with Crippen molar-refractivity contribution in [2.24, 2.45) is 0 Å². The average molecular weight is 256 g/mol. The van der Waals surface area contributed by atoms with E-state index in [2.05, 4.69) is 10.3 Å². The van der Waals surface area contributed by atoms with Crippen molar-refractivity contribution < 1.29 is 9.53 Å². The number of nitrogens with zero attached hydrogens (tertiary/aromatic N) is 1. The molecule has 1 N–H and O–H groups in total. The molecule has 0 saturated carbocycles. The van der Waals surface area contributed by atoms with E-state index in [9.17, 15) is 4.79 Å². The van der Waals surface area contributed by atoms with Gasteiger partial charge < -0.3 is 10.1 Å². The summed E-state index contributed by atoms with van der Waals surface area (Å²) in [5, 5.41) is 2.85. The summed E-state index contributed by atoms with van der Waals surface area (Å²) in [6.45, 7) is 3.08. The number of benzene rings is 1. The number of hydrogen-bond acceptors (Lipinski definition) is 3. The lowest BCUT2D eigenvalue weighted by atomic mass is 10.2. The quantitative estimate of drug-likeness (QED) is 0.893. The first-order chi connectivity index (χ1) is 9.29. The fraction of sp³-hybridized carbons (Fsp3) is 0.200. The average Bonchev–Trinajstić information content (AvgIpc) is 2.47. The predicted molar refractivity (Wildman–Crippen MR) is 73.0 cm³/mol. The molecular formula is C15H16N2O2. The normalized spacial score (nSPS) is 9.95. The van der Waals surface area contributed by atoms with Crippen molar-refractivity contribution >= 4 is 5.91 Å². The predicted octanol–water partition coefficient (Wildman–Crippen LogP) is 2.41. The van der Waals surface area contributed by atoms with Crippen molar-refractivity contribution in [3.8, 4) is 5.75 Å². The number of ether oxygens (including phenoxy) is 1. The smallest absolute Gasteiger partial charge is 0.253 e. The van der Waals surface area contributed by atoms with Crippen LogP contribution in [-0.2, 0) is 6.54 Å². The molecule has 0 aliphatic heterocycles. The number of carbonyl (C=O) groups excluding carboxylic acids is 1. The van der Waals surface area contributed by atoms with Gasteiger partial charge in [0.15, 0.2) is 0 Å². The highest BCUT2D eigenvalue weighted by Gasteiger charge is 2.04. The number of carbonyl (C=O) groups is 1. The van der Waals surface area contributed by atoms with E-state index < -0.39 is 0 Å². The van der Waals surface area contributed by atoms with E-state index in [1.165, 1.54) is 0 Å². The molecule has 0 atom stereocenters. The largest absolute Gasteiger partial charge is 0.494 e. The Balaban J connectivity index is 1.90. The van der Waals surface area contributed by atoms with Gasteiger partial charge in [0.2, 0.25) is 0 Å². The molecule has 0 unspecified atom stereocenters. The molecule has 0 aliphatic carbocycles. The van der Waals surface area contributed by atoms with Crippen molar-refractivity contribution in [2.45, 2.75) is 13.5 Å². The van der Waals surface area contributed by atoms with Gasteiger partial charge in [-0.2, -0.15) is 0 Å². The molecule has 2 rings (SSSR count). The highest BCUT2D eigenvalue weighted by Crippen LogP contribution is 2.11. The molecule has 98 valence electrons. The summed E-state index contributed by atoms with van der Waals surface area (Å²) >= 11 is 0. The number of rotatable bonds is 5. The molecule has 2 aromatic rings. The van der Waals surface area contributed by atoms with Gasteiger partial charge in [-0.1, -0.05) is 12.1 Å². The molecule has 0 spiro atoms. The zero-order chi connectivity index (χ0) is 13.5. The van der Waals surface area contributed by atoms with Crippen molar-refractivity contribution in [3.05, 3.63) is 59.9 Å². The Morgan fingerprint density at radius 1 is 1.26 bits per heavy atom. The molecule has 1 aromatic carbocycles. The first-order valence-corrected chi connectivity index (χ1v) is 6.19. The zero-order valence-electron chi connectivity index (χ0n) is 10.8. The number of hydrogen-bond donors (Lipinski definition) is 1. The van der Waals surface area contributed by atoms with Gasteiger partial charge in [-0.3, -0.25) is 9.78 Å². The van der Waals surface area contributed by atoms with Gasteiger partial charge in [0.1, 0.15) is 5.75 Å². The molecule has 19 heavy (non-hydrogen) atoms. The SMILES string of the molecule is CCOc1ccc(CNC(=O)c2cccnc2)cc1. The van der Waals surface area contributed by atoms with Gasteiger partial charge >= 0.3 is 0 Å². The van der Waals surface area contributed by atoms with Crippen LogP contribution in [0.4, 0.5) is 0 Å². The number of pyridine rings is 1. The second-order valence-corrected chi connectivity index (χ2v) is 4.00. The Kier molecular flexibility index (Phi) is 4.50. The second-order valence-electron chi connectivity index (χ2n) is 4.00. The lowest BCUT2D eigenvalue weighted by Gasteiger charge is -2.07.